The summed E-state index contributed by atoms with van der Waals surface area (Å²) in [5, 5.41) is 3.34. The van der Waals surface area contributed by atoms with Gasteiger partial charge < -0.3 is 10.1 Å². The van der Waals surface area contributed by atoms with E-state index in [0.29, 0.717) is 12.5 Å². The Bertz CT molecular complexity index is 574. The van der Waals surface area contributed by atoms with Crippen molar-refractivity contribution < 1.29 is 17.5 Å². The van der Waals surface area contributed by atoms with Crippen LogP contribution >= 0.6 is 0 Å². The van der Waals surface area contributed by atoms with E-state index in [-0.39, 0.29) is 17.2 Å². The molecular weight excluding hydrogens is 295 g/mol. The van der Waals surface area contributed by atoms with Crippen LogP contribution in [0.4, 0.5) is 10.1 Å². The van der Waals surface area contributed by atoms with E-state index in [9.17, 15) is 12.8 Å². The molecule has 118 valence electrons. The zero-order valence-electron chi connectivity index (χ0n) is 12.1. The Balaban J connectivity index is 1.81. The van der Waals surface area contributed by atoms with Crippen molar-refractivity contribution >= 4 is 15.7 Å². The van der Waals surface area contributed by atoms with E-state index in [1.54, 1.807) is 0 Å². The third kappa shape index (κ3) is 5.51. The Morgan fingerprint density at radius 2 is 2.10 bits per heavy atom. The first-order chi connectivity index (χ1) is 10.00. The van der Waals surface area contributed by atoms with Gasteiger partial charge in [0.05, 0.1) is 18.6 Å². The molecule has 0 amide bonds. The quantitative estimate of drug-likeness (QED) is 0.685. The van der Waals surface area contributed by atoms with Gasteiger partial charge in [-0.3, -0.25) is 4.72 Å². The molecule has 0 radical (unpaired) electrons. The zero-order chi connectivity index (χ0) is 15.3. The highest BCUT2D eigenvalue weighted by atomic mass is 32.2. The predicted molar refractivity (Wildman–Crippen MR) is 80.6 cm³/mol. The summed E-state index contributed by atoms with van der Waals surface area (Å²) in [7, 11) is -2.07. The molecule has 0 spiro atoms. The van der Waals surface area contributed by atoms with Crippen molar-refractivity contribution in [1.29, 1.82) is 0 Å². The highest BCUT2D eigenvalue weighted by Gasteiger charge is 2.19. The van der Waals surface area contributed by atoms with Gasteiger partial charge in [-0.15, -0.1) is 0 Å². The largest absolute Gasteiger partial charge is 0.494 e. The lowest BCUT2D eigenvalue weighted by Gasteiger charge is -2.11. The average molecular weight is 316 g/mol. The molecule has 0 aliphatic heterocycles. The monoisotopic (exact) mass is 316 g/mol. The smallest absolute Gasteiger partial charge is 0.232 e. The maximum atomic E-state index is 13.1. The third-order valence-electron chi connectivity index (χ3n) is 3.28. The van der Waals surface area contributed by atoms with E-state index in [4.69, 9.17) is 4.74 Å². The first-order valence-electron chi connectivity index (χ1n) is 7.07. The molecule has 1 aromatic carbocycles. The second-order valence-corrected chi connectivity index (χ2v) is 7.04. The van der Waals surface area contributed by atoms with E-state index in [1.165, 1.54) is 32.1 Å². The molecule has 1 aliphatic rings. The molecule has 0 unspecified atom stereocenters. The molecule has 1 fully saturated rings. The van der Waals surface area contributed by atoms with Crippen molar-refractivity contribution in [3.8, 4) is 5.75 Å². The van der Waals surface area contributed by atoms with Crippen LogP contribution in [0, 0.1) is 5.82 Å². The lowest BCUT2D eigenvalue weighted by molar-refractivity contribution is 0.413. The minimum atomic E-state index is -3.45. The lowest BCUT2D eigenvalue weighted by Crippen LogP contribution is -2.20. The van der Waals surface area contributed by atoms with Gasteiger partial charge in [0.25, 0.3) is 0 Å². The van der Waals surface area contributed by atoms with Crippen LogP contribution < -0.4 is 14.8 Å². The SMILES string of the molecule is COc1cc(F)ccc1NS(=O)(=O)CCCCNC1CC1. The van der Waals surface area contributed by atoms with Crippen molar-refractivity contribution in [2.24, 2.45) is 0 Å². The van der Waals surface area contributed by atoms with Gasteiger partial charge in [0.15, 0.2) is 0 Å². The zero-order valence-corrected chi connectivity index (χ0v) is 12.9. The molecule has 0 atom stereocenters. The Kier molecular flexibility index (Phi) is 5.41. The van der Waals surface area contributed by atoms with Gasteiger partial charge in [0, 0.05) is 12.1 Å². The normalized spacial score (nSPS) is 15.0. The molecule has 1 aliphatic carbocycles. The highest BCUT2D eigenvalue weighted by molar-refractivity contribution is 7.92. The Hall–Kier alpha value is -1.34. The molecule has 2 rings (SSSR count). The van der Waals surface area contributed by atoms with Gasteiger partial charge in [0.2, 0.25) is 10.0 Å². The van der Waals surface area contributed by atoms with E-state index < -0.39 is 15.8 Å². The summed E-state index contributed by atoms with van der Waals surface area (Å²) in [5.41, 5.74) is 0.259. The first-order valence-corrected chi connectivity index (χ1v) is 8.73. The van der Waals surface area contributed by atoms with Gasteiger partial charge in [-0.05, 0) is 44.4 Å². The number of hydrogen-bond acceptors (Lipinski definition) is 4. The summed E-state index contributed by atoms with van der Waals surface area (Å²) in [6.45, 7) is 0.847. The molecule has 5 nitrogen and oxygen atoms in total. The van der Waals surface area contributed by atoms with Crippen LogP contribution in [0.25, 0.3) is 0 Å². The standard InChI is InChI=1S/C14H21FN2O3S/c1-20-14-10-11(15)4-7-13(14)17-21(18,19)9-3-2-8-16-12-5-6-12/h4,7,10,12,16-17H,2-3,5-6,8-9H2,1H3. The molecule has 0 bridgehead atoms. The molecular formula is C14H21FN2O3S. The molecule has 0 heterocycles. The topological polar surface area (TPSA) is 67.4 Å². The second kappa shape index (κ2) is 7.09. The summed E-state index contributed by atoms with van der Waals surface area (Å²) in [6, 6.07) is 4.35. The summed E-state index contributed by atoms with van der Waals surface area (Å²) in [4.78, 5) is 0. The molecule has 7 heteroatoms. The number of ether oxygens (including phenoxy) is 1. The maximum Gasteiger partial charge on any atom is 0.232 e. The maximum absolute atomic E-state index is 13.1. The summed E-state index contributed by atoms with van der Waals surface area (Å²) in [5.74, 6) is -0.255. The molecule has 1 aromatic rings. The minimum absolute atomic E-state index is 0.0415. The van der Waals surface area contributed by atoms with Crippen LogP contribution in [-0.4, -0.2) is 33.9 Å². The summed E-state index contributed by atoms with van der Waals surface area (Å²) in [6.07, 6.45) is 3.85. The van der Waals surface area contributed by atoms with E-state index in [0.717, 1.165) is 19.0 Å². The van der Waals surface area contributed by atoms with Crippen molar-refractivity contribution in [3.63, 3.8) is 0 Å². The number of sulfonamides is 1. The average Bonchev–Trinajstić information content (AvgIpc) is 3.24. The minimum Gasteiger partial charge on any atom is -0.494 e. The Morgan fingerprint density at radius 3 is 2.76 bits per heavy atom. The third-order valence-corrected chi connectivity index (χ3v) is 4.64. The predicted octanol–water partition coefficient (Wildman–Crippen LogP) is 2.11. The van der Waals surface area contributed by atoms with Gasteiger partial charge in [0.1, 0.15) is 11.6 Å². The van der Waals surface area contributed by atoms with E-state index >= 15 is 0 Å². The van der Waals surface area contributed by atoms with Crippen LogP contribution in [0.3, 0.4) is 0 Å². The highest BCUT2D eigenvalue weighted by Crippen LogP contribution is 2.26. The van der Waals surface area contributed by atoms with Crippen LogP contribution in [-0.2, 0) is 10.0 Å². The molecule has 0 saturated heterocycles. The number of rotatable bonds is 9. The van der Waals surface area contributed by atoms with Gasteiger partial charge >= 0.3 is 0 Å². The van der Waals surface area contributed by atoms with Crippen molar-refractivity contribution in [1.82, 2.24) is 5.32 Å². The van der Waals surface area contributed by atoms with E-state index in [1.807, 2.05) is 0 Å². The second-order valence-electron chi connectivity index (χ2n) is 5.20. The summed E-state index contributed by atoms with van der Waals surface area (Å²) >= 11 is 0. The number of nitrogens with one attached hydrogen (secondary N) is 2. The van der Waals surface area contributed by atoms with Crippen molar-refractivity contribution in [3.05, 3.63) is 24.0 Å². The number of methoxy groups -OCH3 is 1. The molecule has 0 aromatic heterocycles. The lowest BCUT2D eigenvalue weighted by atomic mass is 10.3. The Labute approximate surface area is 124 Å². The van der Waals surface area contributed by atoms with Gasteiger partial charge in [-0.1, -0.05) is 0 Å². The number of unbranched alkanes of at least 4 members (excludes halogenated alkanes) is 1. The van der Waals surface area contributed by atoms with Crippen LogP contribution in [0.2, 0.25) is 0 Å². The van der Waals surface area contributed by atoms with Crippen LogP contribution in [0.5, 0.6) is 5.75 Å². The van der Waals surface area contributed by atoms with Crippen molar-refractivity contribution in [2.75, 3.05) is 24.1 Å². The fourth-order valence-electron chi connectivity index (χ4n) is 1.98. The fraction of sp³-hybridized carbons (Fsp3) is 0.571. The van der Waals surface area contributed by atoms with Crippen LogP contribution in [0.1, 0.15) is 25.7 Å². The summed E-state index contributed by atoms with van der Waals surface area (Å²) < 4.78 is 44.4. The van der Waals surface area contributed by atoms with Gasteiger partial charge in [-0.2, -0.15) is 0 Å². The fourth-order valence-corrected chi connectivity index (χ4v) is 3.17. The van der Waals surface area contributed by atoms with Crippen molar-refractivity contribution in [2.45, 2.75) is 31.7 Å². The van der Waals surface area contributed by atoms with Crippen LogP contribution in [0.15, 0.2) is 18.2 Å². The first kappa shape index (κ1) is 16.0. The molecule has 1 saturated carbocycles. The number of hydrogen-bond donors (Lipinski definition) is 2. The number of halogens is 1. The molecule has 2 N–H and O–H groups in total. The number of anilines is 1. The Morgan fingerprint density at radius 1 is 1.33 bits per heavy atom. The molecule has 21 heavy (non-hydrogen) atoms. The van der Waals surface area contributed by atoms with E-state index in [2.05, 4.69) is 10.0 Å². The van der Waals surface area contributed by atoms with Gasteiger partial charge in [-0.25, -0.2) is 12.8 Å². The number of benzene rings is 1.